The summed E-state index contributed by atoms with van der Waals surface area (Å²) in [5.74, 6) is -7.78. The van der Waals surface area contributed by atoms with Crippen LogP contribution in [0.4, 0.5) is 36.7 Å². The second kappa shape index (κ2) is 6.43. The maximum atomic E-state index is 13.4. The van der Waals surface area contributed by atoms with E-state index in [-0.39, 0.29) is 12.0 Å². The van der Waals surface area contributed by atoms with Gasteiger partial charge in [-0.2, -0.15) is 30.7 Å². The average Bonchev–Trinajstić information content (AvgIpc) is 3.21. The summed E-state index contributed by atoms with van der Waals surface area (Å²) in [5, 5.41) is 2.96. The molecule has 28 heavy (non-hydrogen) atoms. The third-order valence-electron chi connectivity index (χ3n) is 5.96. The van der Waals surface area contributed by atoms with Crippen LogP contribution in [0.1, 0.15) is 36.9 Å². The molecular weight excluding hydrogens is 393 g/mol. The van der Waals surface area contributed by atoms with Gasteiger partial charge in [0.05, 0.1) is 13.1 Å². The molecule has 3 atom stereocenters. The van der Waals surface area contributed by atoms with Crippen molar-refractivity contribution in [2.45, 2.75) is 56.3 Å². The van der Waals surface area contributed by atoms with E-state index in [1.807, 2.05) is 0 Å². The molecule has 2 bridgehead atoms. The Kier molecular flexibility index (Phi) is 4.51. The fourth-order valence-corrected chi connectivity index (χ4v) is 4.63. The summed E-state index contributed by atoms with van der Waals surface area (Å²) in [6, 6.07) is 0.0154. The van der Waals surface area contributed by atoms with E-state index in [9.17, 15) is 30.7 Å². The molecule has 1 saturated heterocycles. The summed E-state index contributed by atoms with van der Waals surface area (Å²) in [7, 11) is 0. The van der Waals surface area contributed by atoms with Crippen molar-refractivity contribution in [1.29, 1.82) is 0 Å². The molecule has 0 amide bonds. The summed E-state index contributed by atoms with van der Waals surface area (Å²) >= 11 is 0. The van der Waals surface area contributed by atoms with Gasteiger partial charge in [0.25, 0.3) is 0 Å². The van der Waals surface area contributed by atoms with Crippen LogP contribution in [0.5, 0.6) is 0 Å². The van der Waals surface area contributed by atoms with Crippen LogP contribution in [0.2, 0.25) is 0 Å². The molecule has 1 aromatic heterocycles. The van der Waals surface area contributed by atoms with Crippen molar-refractivity contribution in [3.8, 4) is 0 Å². The normalized spacial score (nSPS) is 31.5. The van der Waals surface area contributed by atoms with Crippen LogP contribution < -0.4 is 5.32 Å². The predicted molar refractivity (Wildman–Crippen MR) is 85.1 cm³/mol. The Hall–Kier alpha value is -1.65. The Bertz CT molecular complexity index is 736. The molecule has 2 saturated carbocycles. The SMILES string of the molecule is FC(F)(F)c1nc(N[C@@H]2C[C@H]3CC[C@@H]2C3)ncc1CN1CC(F)(F)C(F)(F)C1. The third-order valence-corrected chi connectivity index (χ3v) is 5.96. The molecule has 1 aromatic rings. The molecule has 3 fully saturated rings. The highest BCUT2D eigenvalue weighted by Crippen LogP contribution is 2.45. The number of halogens is 7. The Balaban J connectivity index is 1.53. The van der Waals surface area contributed by atoms with Crippen molar-refractivity contribution in [3.63, 3.8) is 0 Å². The number of likely N-dealkylation sites (tertiary alicyclic amines) is 1. The number of hydrogen-bond donors (Lipinski definition) is 1. The van der Waals surface area contributed by atoms with E-state index in [0.717, 1.165) is 31.9 Å². The predicted octanol–water partition coefficient (Wildman–Crippen LogP) is 4.18. The van der Waals surface area contributed by atoms with Gasteiger partial charge in [-0.15, -0.1) is 0 Å². The largest absolute Gasteiger partial charge is 0.433 e. The van der Waals surface area contributed by atoms with Crippen molar-refractivity contribution >= 4 is 5.95 Å². The van der Waals surface area contributed by atoms with Gasteiger partial charge in [0.2, 0.25) is 5.95 Å². The van der Waals surface area contributed by atoms with Crippen LogP contribution in [0.25, 0.3) is 0 Å². The smallest absolute Gasteiger partial charge is 0.351 e. The second-order valence-electron chi connectivity index (χ2n) is 8.04. The van der Waals surface area contributed by atoms with Crippen molar-refractivity contribution in [2.75, 3.05) is 18.4 Å². The summed E-state index contributed by atoms with van der Waals surface area (Å²) in [5.41, 5.74) is -1.79. The number of nitrogens with zero attached hydrogens (tertiary/aromatic N) is 3. The van der Waals surface area contributed by atoms with Gasteiger partial charge in [-0.25, -0.2) is 9.97 Å². The highest BCUT2D eigenvalue weighted by molar-refractivity contribution is 5.33. The van der Waals surface area contributed by atoms with Gasteiger partial charge >= 0.3 is 18.0 Å². The minimum atomic E-state index is -4.85. The number of hydrogen-bond acceptors (Lipinski definition) is 4. The zero-order valence-electron chi connectivity index (χ0n) is 14.7. The molecule has 2 heterocycles. The molecule has 11 heteroatoms. The van der Waals surface area contributed by atoms with E-state index in [4.69, 9.17) is 0 Å². The lowest BCUT2D eigenvalue weighted by Crippen LogP contribution is -2.38. The van der Waals surface area contributed by atoms with Crippen LogP contribution in [0.3, 0.4) is 0 Å². The van der Waals surface area contributed by atoms with Crippen LogP contribution in [0, 0.1) is 11.8 Å². The van der Waals surface area contributed by atoms with Gasteiger partial charge in [0.15, 0.2) is 5.69 Å². The number of fused-ring (bicyclic) bond motifs is 2. The quantitative estimate of drug-likeness (QED) is 0.754. The minimum Gasteiger partial charge on any atom is -0.351 e. The fraction of sp³-hybridized carbons (Fsp3) is 0.765. The molecule has 4 nitrogen and oxygen atoms in total. The first-order chi connectivity index (χ1) is 12.9. The highest BCUT2D eigenvalue weighted by atomic mass is 19.4. The minimum absolute atomic E-state index is 0.0154. The van der Waals surface area contributed by atoms with Crippen molar-refractivity contribution in [1.82, 2.24) is 14.9 Å². The Morgan fingerprint density at radius 2 is 1.75 bits per heavy atom. The van der Waals surface area contributed by atoms with E-state index >= 15 is 0 Å². The Morgan fingerprint density at radius 1 is 1.07 bits per heavy atom. The summed E-state index contributed by atoms with van der Waals surface area (Å²) < 4.78 is 93.6. The van der Waals surface area contributed by atoms with Gasteiger partial charge in [-0.05, 0) is 31.1 Å². The number of nitrogens with one attached hydrogen (secondary N) is 1. The van der Waals surface area contributed by atoms with Gasteiger partial charge in [-0.3, -0.25) is 4.90 Å². The molecule has 1 aliphatic heterocycles. The molecule has 4 rings (SSSR count). The standard InChI is InChI=1S/C17H19F7N4/c18-15(19)7-28(8-16(15,20)21)6-11-5-25-14(27-13(11)17(22,23)24)26-12-4-9-1-2-10(12)3-9/h5,9-10,12H,1-4,6-8H2,(H,25,26,27)/t9-,10+,12+/m0/s1. The number of alkyl halides is 7. The second-order valence-corrected chi connectivity index (χ2v) is 8.04. The molecule has 0 unspecified atom stereocenters. The van der Waals surface area contributed by atoms with E-state index in [1.54, 1.807) is 0 Å². The molecule has 0 aromatic carbocycles. The first-order valence-corrected chi connectivity index (χ1v) is 9.12. The molecular formula is C17H19F7N4. The molecule has 0 spiro atoms. The Labute approximate surface area is 156 Å². The molecule has 1 N–H and O–H groups in total. The van der Waals surface area contributed by atoms with E-state index in [0.29, 0.717) is 16.7 Å². The van der Waals surface area contributed by atoms with E-state index < -0.39 is 48.9 Å². The summed E-state index contributed by atoms with van der Waals surface area (Å²) in [4.78, 5) is 8.04. The maximum absolute atomic E-state index is 13.4. The number of anilines is 1. The molecule has 3 aliphatic rings. The van der Waals surface area contributed by atoms with Crippen LogP contribution >= 0.6 is 0 Å². The third kappa shape index (κ3) is 3.53. The van der Waals surface area contributed by atoms with Gasteiger partial charge in [0, 0.05) is 24.3 Å². The number of aromatic nitrogens is 2. The van der Waals surface area contributed by atoms with E-state index in [2.05, 4.69) is 15.3 Å². The first kappa shape index (κ1) is 19.7. The molecule has 0 radical (unpaired) electrons. The van der Waals surface area contributed by atoms with Crippen LogP contribution in [-0.4, -0.2) is 45.8 Å². The lowest BCUT2D eigenvalue weighted by Gasteiger charge is -2.24. The monoisotopic (exact) mass is 412 g/mol. The maximum Gasteiger partial charge on any atom is 0.433 e. The van der Waals surface area contributed by atoms with Crippen molar-refractivity contribution in [2.24, 2.45) is 11.8 Å². The molecule has 156 valence electrons. The van der Waals surface area contributed by atoms with Crippen molar-refractivity contribution < 1.29 is 30.7 Å². The number of rotatable bonds is 4. The van der Waals surface area contributed by atoms with Gasteiger partial charge < -0.3 is 5.32 Å². The zero-order valence-corrected chi connectivity index (χ0v) is 14.7. The fourth-order valence-electron chi connectivity index (χ4n) is 4.63. The van der Waals surface area contributed by atoms with Crippen LogP contribution in [0.15, 0.2) is 6.20 Å². The lowest BCUT2D eigenvalue weighted by molar-refractivity contribution is -0.172. The van der Waals surface area contributed by atoms with Gasteiger partial charge in [-0.1, -0.05) is 6.42 Å². The van der Waals surface area contributed by atoms with Gasteiger partial charge in [0.1, 0.15) is 0 Å². The average molecular weight is 412 g/mol. The Morgan fingerprint density at radius 3 is 2.29 bits per heavy atom. The first-order valence-electron chi connectivity index (χ1n) is 9.12. The zero-order chi connectivity index (χ0) is 20.3. The topological polar surface area (TPSA) is 41.1 Å². The highest BCUT2D eigenvalue weighted by Gasteiger charge is 2.62. The van der Waals surface area contributed by atoms with Crippen molar-refractivity contribution in [3.05, 3.63) is 17.5 Å². The van der Waals surface area contributed by atoms with E-state index in [1.165, 1.54) is 0 Å². The lowest BCUT2D eigenvalue weighted by atomic mass is 9.95. The van der Waals surface area contributed by atoms with Crippen LogP contribution in [-0.2, 0) is 12.7 Å². The molecule has 2 aliphatic carbocycles. The summed E-state index contributed by atoms with van der Waals surface area (Å²) in [6.07, 6.45) is 0.0773. The summed E-state index contributed by atoms with van der Waals surface area (Å²) in [6.45, 7) is -3.36.